The van der Waals surface area contributed by atoms with Crippen LogP contribution in [0.3, 0.4) is 0 Å². The van der Waals surface area contributed by atoms with Gasteiger partial charge in [0.1, 0.15) is 5.69 Å². The lowest BCUT2D eigenvalue weighted by atomic mass is 10.2. The van der Waals surface area contributed by atoms with Crippen molar-refractivity contribution in [1.82, 2.24) is 15.3 Å². The predicted molar refractivity (Wildman–Crippen MR) is 83.0 cm³/mol. The van der Waals surface area contributed by atoms with Crippen molar-refractivity contribution in [2.75, 3.05) is 11.9 Å². The number of hydrogen-bond donors (Lipinski definition) is 2. The van der Waals surface area contributed by atoms with Gasteiger partial charge in [-0.3, -0.25) is 9.78 Å². The van der Waals surface area contributed by atoms with Crippen LogP contribution >= 0.6 is 0 Å². The van der Waals surface area contributed by atoms with Crippen LogP contribution < -0.4 is 10.6 Å². The molecule has 5 nitrogen and oxygen atoms in total. The highest BCUT2D eigenvalue weighted by molar-refractivity contribution is 5.92. The van der Waals surface area contributed by atoms with Gasteiger partial charge in [-0.25, -0.2) is 4.98 Å². The highest BCUT2D eigenvalue weighted by Crippen LogP contribution is 2.07. The van der Waals surface area contributed by atoms with Crippen molar-refractivity contribution in [2.45, 2.75) is 20.4 Å². The average Bonchev–Trinajstić information content (AvgIpc) is 2.52. The summed E-state index contributed by atoms with van der Waals surface area (Å²) in [5, 5.41) is 6.06. The third kappa shape index (κ3) is 4.87. The molecule has 0 fully saturated rings. The lowest BCUT2D eigenvalue weighted by molar-refractivity contribution is 0.0945. The summed E-state index contributed by atoms with van der Waals surface area (Å²) < 4.78 is 0. The molecule has 0 radical (unpaired) electrons. The van der Waals surface area contributed by atoms with Crippen molar-refractivity contribution in [3.63, 3.8) is 0 Å². The summed E-state index contributed by atoms with van der Waals surface area (Å²) in [4.78, 5) is 20.3. The zero-order valence-corrected chi connectivity index (χ0v) is 12.3. The van der Waals surface area contributed by atoms with E-state index in [1.54, 1.807) is 18.5 Å². The second-order valence-corrected chi connectivity index (χ2v) is 5.21. The minimum Gasteiger partial charge on any atom is -0.384 e. The zero-order valence-electron chi connectivity index (χ0n) is 12.3. The first-order valence-corrected chi connectivity index (χ1v) is 7.03. The largest absolute Gasteiger partial charge is 0.384 e. The van der Waals surface area contributed by atoms with E-state index < -0.39 is 0 Å². The molecule has 110 valence electrons. The van der Waals surface area contributed by atoms with Crippen molar-refractivity contribution < 1.29 is 4.79 Å². The van der Waals surface area contributed by atoms with Crippen LogP contribution in [0, 0.1) is 5.92 Å². The summed E-state index contributed by atoms with van der Waals surface area (Å²) in [6.07, 6.45) is 3.38. The quantitative estimate of drug-likeness (QED) is 0.855. The van der Waals surface area contributed by atoms with Gasteiger partial charge < -0.3 is 10.6 Å². The molecule has 5 heteroatoms. The molecule has 0 spiro atoms. The SMILES string of the molecule is CC(C)CNc1ccc(C(=O)NCc2ccccn2)nc1. The van der Waals surface area contributed by atoms with Gasteiger partial charge in [0.05, 0.1) is 24.1 Å². The summed E-state index contributed by atoms with van der Waals surface area (Å²) in [6.45, 7) is 5.56. The second-order valence-electron chi connectivity index (χ2n) is 5.21. The molecular formula is C16H20N4O. The summed E-state index contributed by atoms with van der Waals surface area (Å²) in [5.74, 6) is 0.363. The Labute approximate surface area is 124 Å². The Morgan fingerprint density at radius 2 is 2.05 bits per heavy atom. The Kier molecular flexibility index (Phi) is 5.26. The Hall–Kier alpha value is -2.43. The van der Waals surface area contributed by atoms with E-state index in [1.165, 1.54) is 0 Å². The van der Waals surface area contributed by atoms with E-state index in [2.05, 4.69) is 34.4 Å². The smallest absolute Gasteiger partial charge is 0.270 e. The first-order valence-electron chi connectivity index (χ1n) is 7.03. The summed E-state index contributed by atoms with van der Waals surface area (Å²) >= 11 is 0. The maximum absolute atomic E-state index is 12.0. The van der Waals surface area contributed by atoms with Crippen molar-refractivity contribution >= 4 is 11.6 Å². The van der Waals surface area contributed by atoms with E-state index in [0.717, 1.165) is 17.9 Å². The predicted octanol–water partition coefficient (Wildman–Crippen LogP) is 2.47. The summed E-state index contributed by atoms with van der Waals surface area (Å²) in [7, 11) is 0. The van der Waals surface area contributed by atoms with Crippen LogP contribution in [0.4, 0.5) is 5.69 Å². The number of carbonyl (C=O) groups is 1. The molecule has 2 aromatic heterocycles. The number of hydrogen-bond acceptors (Lipinski definition) is 4. The summed E-state index contributed by atoms with van der Waals surface area (Å²) in [6, 6.07) is 9.19. The van der Waals surface area contributed by atoms with Crippen LogP contribution in [-0.4, -0.2) is 22.4 Å². The number of aromatic nitrogens is 2. The minimum absolute atomic E-state index is 0.198. The van der Waals surface area contributed by atoms with E-state index in [1.807, 2.05) is 24.3 Å². The topological polar surface area (TPSA) is 66.9 Å². The maximum Gasteiger partial charge on any atom is 0.270 e. The van der Waals surface area contributed by atoms with Crippen LogP contribution in [-0.2, 0) is 6.54 Å². The summed E-state index contributed by atoms with van der Waals surface area (Å²) in [5.41, 5.74) is 2.15. The van der Waals surface area contributed by atoms with E-state index >= 15 is 0 Å². The number of pyridine rings is 2. The Bertz CT molecular complexity index is 567. The number of rotatable bonds is 6. The molecule has 0 unspecified atom stereocenters. The molecule has 0 saturated carbocycles. The van der Waals surface area contributed by atoms with Crippen molar-refractivity contribution in [1.29, 1.82) is 0 Å². The molecule has 0 bridgehead atoms. The molecule has 0 saturated heterocycles. The van der Waals surface area contributed by atoms with E-state index in [-0.39, 0.29) is 5.91 Å². The van der Waals surface area contributed by atoms with Gasteiger partial charge in [-0.1, -0.05) is 19.9 Å². The molecule has 0 aliphatic heterocycles. The number of nitrogens with one attached hydrogen (secondary N) is 2. The third-order valence-electron chi connectivity index (χ3n) is 2.87. The van der Waals surface area contributed by atoms with Gasteiger partial charge in [0, 0.05) is 12.7 Å². The molecule has 0 aromatic carbocycles. The molecular weight excluding hydrogens is 264 g/mol. The first kappa shape index (κ1) is 15.0. The van der Waals surface area contributed by atoms with E-state index in [9.17, 15) is 4.79 Å². The standard InChI is InChI=1S/C16H20N4O/c1-12(2)9-18-14-6-7-15(19-10-14)16(21)20-11-13-5-3-4-8-17-13/h3-8,10,12,18H,9,11H2,1-2H3,(H,20,21). The average molecular weight is 284 g/mol. The third-order valence-corrected chi connectivity index (χ3v) is 2.87. The lowest BCUT2D eigenvalue weighted by Crippen LogP contribution is -2.24. The maximum atomic E-state index is 12.0. The van der Waals surface area contributed by atoms with Crippen LogP contribution in [0.1, 0.15) is 30.0 Å². The number of anilines is 1. The van der Waals surface area contributed by atoms with Gasteiger partial charge >= 0.3 is 0 Å². The van der Waals surface area contributed by atoms with Crippen molar-refractivity contribution in [3.8, 4) is 0 Å². The zero-order chi connectivity index (χ0) is 15.1. The number of nitrogens with zero attached hydrogens (tertiary/aromatic N) is 2. The molecule has 21 heavy (non-hydrogen) atoms. The Morgan fingerprint density at radius 1 is 1.19 bits per heavy atom. The number of carbonyl (C=O) groups excluding carboxylic acids is 1. The van der Waals surface area contributed by atoms with Gasteiger partial charge in [-0.2, -0.15) is 0 Å². The van der Waals surface area contributed by atoms with Gasteiger partial charge in [0.25, 0.3) is 5.91 Å². The molecule has 2 rings (SSSR count). The monoisotopic (exact) mass is 284 g/mol. The molecule has 0 atom stereocenters. The highest BCUT2D eigenvalue weighted by atomic mass is 16.1. The Morgan fingerprint density at radius 3 is 2.67 bits per heavy atom. The normalized spacial score (nSPS) is 10.4. The molecule has 2 heterocycles. The number of amides is 1. The molecule has 1 amide bonds. The van der Waals surface area contributed by atoms with Gasteiger partial charge in [0.15, 0.2) is 0 Å². The van der Waals surface area contributed by atoms with Gasteiger partial charge in [0.2, 0.25) is 0 Å². The lowest BCUT2D eigenvalue weighted by Gasteiger charge is -2.09. The van der Waals surface area contributed by atoms with Gasteiger partial charge in [-0.05, 0) is 30.2 Å². The van der Waals surface area contributed by atoms with Crippen LogP contribution in [0.25, 0.3) is 0 Å². The second kappa shape index (κ2) is 7.38. The van der Waals surface area contributed by atoms with Crippen LogP contribution in [0.15, 0.2) is 42.7 Å². The Balaban J connectivity index is 1.88. The van der Waals surface area contributed by atoms with Crippen molar-refractivity contribution in [2.24, 2.45) is 5.92 Å². The first-order chi connectivity index (χ1) is 10.1. The fraction of sp³-hybridized carbons (Fsp3) is 0.312. The fourth-order valence-electron chi connectivity index (χ4n) is 1.72. The van der Waals surface area contributed by atoms with Gasteiger partial charge in [-0.15, -0.1) is 0 Å². The van der Waals surface area contributed by atoms with E-state index in [0.29, 0.717) is 18.2 Å². The fourth-order valence-corrected chi connectivity index (χ4v) is 1.72. The molecule has 2 aromatic rings. The van der Waals surface area contributed by atoms with Crippen LogP contribution in [0.5, 0.6) is 0 Å². The molecule has 2 N–H and O–H groups in total. The van der Waals surface area contributed by atoms with Crippen molar-refractivity contribution in [3.05, 3.63) is 54.1 Å². The minimum atomic E-state index is -0.198. The van der Waals surface area contributed by atoms with E-state index in [4.69, 9.17) is 0 Å². The van der Waals surface area contributed by atoms with Crippen LogP contribution in [0.2, 0.25) is 0 Å². The molecule has 0 aliphatic carbocycles. The molecule has 0 aliphatic rings. The highest BCUT2D eigenvalue weighted by Gasteiger charge is 2.07.